The van der Waals surface area contributed by atoms with Gasteiger partial charge in [-0.3, -0.25) is 4.79 Å². The minimum atomic E-state index is -3.63. The van der Waals surface area contributed by atoms with Crippen molar-refractivity contribution >= 4 is 45.4 Å². The Morgan fingerprint density at radius 3 is 2.37 bits per heavy atom. The smallest absolute Gasteiger partial charge is 0.410 e. The van der Waals surface area contributed by atoms with E-state index in [4.69, 9.17) is 25.8 Å². The summed E-state index contributed by atoms with van der Waals surface area (Å²) in [6, 6.07) is 9.38. The molecular weight excluding hydrogens is 715 g/mol. The lowest BCUT2D eigenvalue weighted by atomic mass is 9.64. The number of rotatable bonds is 9. The molecule has 1 saturated carbocycles. The first-order valence-electron chi connectivity index (χ1n) is 17.8. The first kappa shape index (κ1) is 39.7. The second-order valence-corrected chi connectivity index (χ2v) is 17.4. The van der Waals surface area contributed by atoms with Crippen LogP contribution in [0.25, 0.3) is 0 Å². The summed E-state index contributed by atoms with van der Waals surface area (Å²) in [5.74, 6) is -1.20. The summed E-state index contributed by atoms with van der Waals surface area (Å²) < 4.78 is 60.1. The number of anilines is 1. The molecule has 5 rings (SSSR count). The summed E-state index contributed by atoms with van der Waals surface area (Å²) in [7, 11) is -0.767. The number of nitrogens with zero attached hydrogens (tertiary/aromatic N) is 2. The molecule has 15 heteroatoms. The molecule has 52 heavy (non-hydrogen) atoms. The van der Waals surface area contributed by atoms with Crippen LogP contribution in [0.1, 0.15) is 76.8 Å². The number of halogens is 2. The zero-order valence-corrected chi connectivity index (χ0v) is 32.0. The van der Waals surface area contributed by atoms with Crippen LogP contribution >= 0.6 is 11.6 Å². The molecule has 3 aliphatic rings. The van der Waals surface area contributed by atoms with E-state index in [-0.39, 0.29) is 55.1 Å². The molecule has 0 radical (unpaired) electrons. The molecule has 286 valence electrons. The number of fused-ring (bicyclic) bond motifs is 2. The number of amides is 3. The van der Waals surface area contributed by atoms with E-state index in [1.54, 1.807) is 51.0 Å². The fraction of sp³-hybridized carbons (Fsp3) is 0.595. The molecule has 0 aromatic heterocycles. The lowest BCUT2D eigenvalue weighted by molar-refractivity contribution is -0.120. The number of methoxy groups -OCH3 is 2. The van der Waals surface area contributed by atoms with E-state index in [0.717, 1.165) is 5.56 Å². The van der Waals surface area contributed by atoms with Gasteiger partial charge in [0, 0.05) is 54.0 Å². The number of piperazine rings is 1. The Hall–Kier alpha value is -3.46. The third-order valence-electron chi connectivity index (χ3n) is 10.5. The molecule has 2 N–H and O–H groups in total. The fourth-order valence-electron chi connectivity index (χ4n) is 7.85. The monoisotopic (exact) mass is 764 g/mol. The van der Waals surface area contributed by atoms with E-state index in [1.807, 2.05) is 12.1 Å². The van der Waals surface area contributed by atoms with E-state index in [0.29, 0.717) is 43.5 Å². The third kappa shape index (κ3) is 9.00. The van der Waals surface area contributed by atoms with Gasteiger partial charge in [-0.15, -0.1) is 0 Å². The maximum atomic E-state index is 15.7. The van der Waals surface area contributed by atoms with Crippen molar-refractivity contribution in [3.05, 3.63) is 64.4 Å². The van der Waals surface area contributed by atoms with Crippen molar-refractivity contribution in [2.45, 2.75) is 107 Å². The predicted molar refractivity (Wildman–Crippen MR) is 195 cm³/mol. The number of alkyl carbamates (subject to hydrolysis) is 1. The molecule has 1 aliphatic carbocycles. The number of ether oxygens (including phenoxy) is 3. The second-order valence-electron chi connectivity index (χ2n) is 14.9. The fourth-order valence-corrected chi connectivity index (χ4v) is 9.77. The molecule has 2 aromatic rings. The molecule has 12 nitrogen and oxygen atoms in total. The zero-order chi connectivity index (χ0) is 37.8. The molecule has 2 saturated heterocycles. The van der Waals surface area contributed by atoms with Gasteiger partial charge in [0.15, 0.2) is 0 Å². The highest BCUT2D eigenvalue weighted by atomic mass is 35.5. The van der Waals surface area contributed by atoms with Gasteiger partial charge in [0.2, 0.25) is 15.9 Å². The van der Waals surface area contributed by atoms with Crippen LogP contribution in [0.15, 0.2) is 42.5 Å². The van der Waals surface area contributed by atoms with Crippen molar-refractivity contribution in [3.63, 3.8) is 0 Å². The number of benzene rings is 2. The SMILES string of the molecule is COC(=O)N[C@H](C(=O)Nc1cccc(F)c1CCC1CN(C(=O)OC(C)(C)C)C2CCCS(=O)(=O)N1C2)C1(c2ccc(Cl)cc2)CCC(OC)CC1. The normalized spacial score (nSPS) is 26.4. The standard InChI is InChI=1S/C37H50ClFN4O8S/c1-36(2,3)51-35(46)42-22-27(43-23-26(42)8-7-21-52(43,47)48)15-16-29-30(39)9-6-10-31(29)40-33(44)32(41-34(45)50-5)37(19-17-28(49-4)18-20-37)24-11-13-25(38)14-12-24/h6,9-14,26-28,32H,7-8,15-23H2,1-5H3,(H,40,44)(H,41,45)/t26?,27?,28?,32-,37?/m1/s1. The summed E-state index contributed by atoms with van der Waals surface area (Å²) >= 11 is 6.23. The molecule has 2 heterocycles. The van der Waals surface area contributed by atoms with Gasteiger partial charge in [0.25, 0.3) is 0 Å². The van der Waals surface area contributed by atoms with Gasteiger partial charge in [-0.2, -0.15) is 4.31 Å². The molecule has 3 fully saturated rings. The van der Waals surface area contributed by atoms with Crippen LogP contribution in [0.4, 0.5) is 19.7 Å². The maximum absolute atomic E-state index is 15.7. The Morgan fingerprint density at radius 2 is 1.73 bits per heavy atom. The summed E-state index contributed by atoms with van der Waals surface area (Å²) in [5, 5.41) is 6.18. The average Bonchev–Trinajstić information content (AvgIpc) is 3.22. The number of hydrogen-bond donors (Lipinski definition) is 2. The summed E-state index contributed by atoms with van der Waals surface area (Å²) in [5.41, 5.74) is -0.456. The quantitative estimate of drug-likeness (QED) is 0.316. The first-order valence-corrected chi connectivity index (χ1v) is 19.8. The van der Waals surface area contributed by atoms with Gasteiger partial charge >= 0.3 is 12.2 Å². The van der Waals surface area contributed by atoms with E-state index < -0.39 is 57.0 Å². The van der Waals surface area contributed by atoms with Crippen molar-refractivity contribution in [3.8, 4) is 0 Å². The van der Waals surface area contributed by atoms with E-state index >= 15 is 4.39 Å². The van der Waals surface area contributed by atoms with Crippen LogP contribution in [0.3, 0.4) is 0 Å². The van der Waals surface area contributed by atoms with Crippen LogP contribution < -0.4 is 10.6 Å². The number of nitrogens with one attached hydrogen (secondary N) is 2. The molecule has 3 unspecified atom stereocenters. The first-order chi connectivity index (χ1) is 24.6. The van der Waals surface area contributed by atoms with Gasteiger partial charge in [0.1, 0.15) is 17.5 Å². The number of sulfonamides is 1. The van der Waals surface area contributed by atoms with Crippen molar-refractivity contribution in [1.29, 1.82) is 0 Å². The van der Waals surface area contributed by atoms with Gasteiger partial charge in [-0.1, -0.05) is 29.8 Å². The van der Waals surface area contributed by atoms with Gasteiger partial charge in [-0.05, 0) is 102 Å². The molecule has 2 aromatic carbocycles. The van der Waals surface area contributed by atoms with Crippen LogP contribution in [0, 0.1) is 5.82 Å². The van der Waals surface area contributed by atoms with Crippen LogP contribution in [0.2, 0.25) is 5.02 Å². The molecule has 2 bridgehead atoms. The number of carbonyl (C=O) groups is 3. The highest BCUT2D eigenvalue weighted by molar-refractivity contribution is 7.89. The van der Waals surface area contributed by atoms with Gasteiger partial charge in [0.05, 0.1) is 19.0 Å². The van der Waals surface area contributed by atoms with Gasteiger partial charge < -0.3 is 29.7 Å². The molecule has 4 atom stereocenters. The Labute approximate surface area is 310 Å². The van der Waals surface area contributed by atoms with Crippen molar-refractivity contribution in [1.82, 2.24) is 14.5 Å². The molecule has 3 amide bonds. The second kappa shape index (κ2) is 16.3. The number of hydrogen-bond acceptors (Lipinski definition) is 8. The summed E-state index contributed by atoms with van der Waals surface area (Å²) in [4.78, 5) is 42.1. The minimum absolute atomic E-state index is 0.0218. The van der Waals surface area contributed by atoms with E-state index in [1.165, 1.54) is 23.5 Å². The topological polar surface area (TPSA) is 144 Å². The summed E-state index contributed by atoms with van der Waals surface area (Å²) in [6.07, 6.45) is 2.05. The Balaban J connectivity index is 1.44. The molecule has 0 spiro atoms. The van der Waals surface area contributed by atoms with E-state index in [2.05, 4.69) is 10.6 Å². The highest BCUT2D eigenvalue weighted by Crippen LogP contribution is 2.44. The molecular formula is C37H50ClFN4O8S. The highest BCUT2D eigenvalue weighted by Gasteiger charge is 2.48. The summed E-state index contributed by atoms with van der Waals surface area (Å²) in [6.45, 7) is 5.54. The van der Waals surface area contributed by atoms with Crippen LogP contribution in [-0.4, -0.2) is 98.6 Å². The minimum Gasteiger partial charge on any atom is -0.453 e. The van der Waals surface area contributed by atoms with Crippen LogP contribution in [-0.2, 0) is 40.9 Å². The van der Waals surface area contributed by atoms with Gasteiger partial charge in [-0.25, -0.2) is 22.4 Å². The van der Waals surface area contributed by atoms with Crippen molar-refractivity contribution < 1.29 is 41.4 Å². The Kier molecular flexibility index (Phi) is 12.4. The third-order valence-corrected chi connectivity index (χ3v) is 12.7. The maximum Gasteiger partial charge on any atom is 0.410 e. The number of carbonyl (C=O) groups excluding carboxylic acids is 3. The van der Waals surface area contributed by atoms with Crippen LogP contribution in [0.5, 0.6) is 0 Å². The largest absolute Gasteiger partial charge is 0.453 e. The van der Waals surface area contributed by atoms with Crippen molar-refractivity contribution in [2.75, 3.05) is 38.4 Å². The molecule has 2 aliphatic heterocycles. The Morgan fingerprint density at radius 1 is 1.04 bits per heavy atom. The lowest BCUT2D eigenvalue weighted by Crippen LogP contribution is -2.60. The predicted octanol–water partition coefficient (Wildman–Crippen LogP) is 6.02. The van der Waals surface area contributed by atoms with Crippen molar-refractivity contribution in [2.24, 2.45) is 0 Å². The Bertz CT molecular complexity index is 1710. The zero-order valence-electron chi connectivity index (χ0n) is 30.5. The average molecular weight is 765 g/mol. The lowest BCUT2D eigenvalue weighted by Gasteiger charge is -2.45. The van der Waals surface area contributed by atoms with E-state index in [9.17, 15) is 22.8 Å².